The van der Waals surface area contributed by atoms with Crippen molar-refractivity contribution >= 4 is 22.8 Å². The summed E-state index contributed by atoms with van der Waals surface area (Å²) in [5.41, 5.74) is 0.928. The van der Waals surface area contributed by atoms with Crippen LogP contribution in [0.4, 0.5) is 5.13 Å². The van der Waals surface area contributed by atoms with Gasteiger partial charge in [0.15, 0.2) is 11.4 Å². The van der Waals surface area contributed by atoms with Crippen LogP contribution in [-0.4, -0.2) is 24.4 Å². The van der Waals surface area contributed by atoms with Crippen LogP contribution in [0.2, 0.25) is 0 Å². The summed E-state index contributed by atoms with van der Waals surface area (Å²) < 4.78 is 0. The van der Waals surface area contributed by atoms with Gasteiger partial charge in [-0.05, 0) is 19.8 Å². The van der Waals surface area contributed by atoms with Crippen LogP contribution in [0.3, 0.4) is 0 Å². The standard InChI is InChI=1S/C11H18N2OS/c1-5-13(6-2)11-12-10(8(3)4)9(7-14)15-11/h7-8H,5-6H2,1-4H3. The summed E-state index contributed by atoms with van der Waals surface area (Å²) in [7, 11) is 0. The van der Waals surface area contributed by atoms with Crippen LogP contribution in [-0.2, 0) is 0 Å². The van der Waals surface area contributed by atoms with Crippen molar-refractivity contribution in [2.45, 2.75) is 33.6 Å². The van der Waals surface area contributed by atoms with Crippen LogP contribution in [0.25, 0.3) is 0 Å². The van der Waals surface area contributed by atoms with Crippen LogP contribution in [0, 0.1) is 0 Å². The summed E-state index contributed by atoms with van der Waals surface area (Å²) in [5, 5.41) is 0.964. The van der Waals surface area contributed by atoms with Crippen molar-refractivity contribution < 1.29 is 4.79 Å². The van der Waals surface area contributed by atoms with Crippen LogP contribution < -0.4 is 4.90 Å². The maximum Gasteiger partial charge on any atom is 0.186 e. The van der Waals surface area contributed by atoms with Crippen molar-refractivity contribution in [3.05, 3.63) is 10.6 Å². The molecule has 0 aliphatic rings. The van der Waals surface area contributed by atoms with E-state index in [0.717, 1.165) is 35.1 Å². The molecule has 0 saturated heterocycles. The Morgan fingerprint density at radius 2 is 2.00 bits per heavy atom. The maximum atomic E-state index is 10.9. The SMILES string of the molecule is CCN(CC)c1nc(C(C)C)c(C=O)s1. The molecule has 0 radical (unpaired) electrons. The number of hydrogen-bond donors (Lipinski definition) is 0. The van der Waals surface area contributed by atoms with Crippen molar-refractivity contribution in [1.29, 1.82) is 0 Å². The molecule has 3 nitrogen and oxygen atoms in total. The molecule has 0 unspecified atom stereocenters. The Labute approximate surface area is 95.1 Å². The highest BCUT2D eigenvalue weighted by atomic mass is 32.1. The van der Waals surface area contributed by atoms with Crippen LogP contribution in [0.1, 0.15) is 49.0 Å². The highest BCUT2D eigenvalue weighted by Gasteiger charge is 2.16. The molecule has 0 spiro atoms. The molecule has 1 rings (SSSR count). The third-order valence-corrected chi connectivity index (χ3v) is 3.42. The van der Waals surface area contributed by atoms with E-state index >= 15 is 0 Å². The lowest BCUT2D eigenvalue weighted by molar-refractivity contribution is 0.112. The zero-order valence-corrected chi connectivity index (χ0v) is 10.6. The number of anilines is 1. The maximum absolute atomic E-state index is 10.9. The van der Waals surface area contributed by atoms with Gasteiger partial charge >= 0.3 is 0 Å². The Balaban J connectivity index is 3.06. The Morgan fingerprint density at radius 3 is 2.33 bits per heavy atom. The van der Waals surface area contributed by atoms with Crippen LogP contribution >= 0.6 is 11.3 Å². The van der Waals surface area contributed by atoms with E-state index in [4.69, 9.17) is 0 Å². The van der Waals surface area contributed by atoms with E-state index in [2.05, 4.69) is 37.6 Å². The number of aromatic nitrogens is 1. The van der Waals surface area contributed by atoms with Crippen LogP contribution in [0.15, 0.2) is 0 Å². The smallest absolute Gasteiger partial charge is 0.186 e. The molecule has 0 amide bonds. The highest BCUT2D eigenvalue weighted by Crippen LogP contribution is 2.29. The van der Waals surface area contributed by atoms with Gasteiger partial charge in [-0.1, -0.05) is 25.2 Å². The predicted molar refractivity (Wildman–Crippen MR) is 65.2 cm³/mol. The number of aldehydes is 1. The topological polar surface area (TPSA) is 33.2 Å². The van der Waals surface area contributed by atoms with Crippen LogP contribution in [0.5, 0.6) is 0 Å². The molecule has 4 heteroatoms. The summed E-state index contributed by atoms with van der Waals surface area (Å²) in [5.74, 6) is 0.311. The summed E-state index contributed by atoms with van der Waals surface area (Å²) in [6, 6.07) is 0. The normalized spacial score (nSPS) is 10.7. The lowest BCUT2D eigenvalue weighted by Gasteiger charge is -2.16. The minimum Gasteiger partial charge on any atom is -0.349 e. The van der Waals surface area contributed by atoms with Gasteiger partial charge < -0.3 is 4.90 Å². The number of thiazole rings is 1. The van der Waals surface area contributed by atoms with Gasteiger partial charge in [0.25, 0.3) is 0 Å². The number of carbonyl (C=O) groups excluding carboxylic acids is 1. The fraction of sp³-hybridized carbons (Fsp3) is 0.636. The van der Waals surface area contributed by atoms with Gasteiger partial charge in [-0.15, -0.1) is 0 Å². The molecule has 1 aromatic heterocycles. The molecule has 0 fully saturated rings. The van der Waals surface area contributed by atoms with Gasteiger partial charge in [0, 0.05) is 13.1 Å². The second-order valence-corrected chi connectivity index (χ2v) is 4.70. The molecular weight excluding hydrogens is 208 g/mol. The van der Waals surface area contributed by atoms with Crippen molar-refractivity contribution in [1.82, 2.24) is 4.98 Å². The molecule has 0 bridgehead atoms. The van der Waals surface area contributed by atoms with E-state index in [9.17, 15) is 4.79 Å². The molecule has 84 valence electrons. The van der Waals surface area contributed by atoms with E-state index in [0.29, 0.717) is 5.92 Å². The molecule has 1 heterocycles. The zero-order valence-electron chi connectivity index (χ0n) is 9.78. The quantitative estimate of drug-likeness (QED) is 0.724. The predicted octanol–water partition coefficient (Wildman–Crippen LogP) is 2.93. The first-order valence-corrected chi connectivity index (χ1v) is 6.16. The molecule has 15 heavy (non-hydrogen) atoms. The van der Waals surface area contributed by atoms with Crippen molar-refractivity contribution in [2.75, 3.05) is 18.0 Å². The molecule has 1 aromatic rings. The molecule has 0 aliphatic carbocycles. The van der Waals surface area contributed by atoms with E-state index < -0.39 is 0 Å². The van der Waals surface area contributed by atoms with E-state index in [1.807, 2.05) is 0 Å². The third kappa shape index (κ3) is 2.56. The molecule has 0 aromatic carbocycles. The largest absolute Gasteiger partial charge is 0.349 e. The Hall–Kier alpha value is -0.900. The molecule has 0 N–H and O–H groups in total. The summed E-state index contributed by atoms with van der Waals surface area (Å²) in [6.07, 6.45) is 0.917. The Kier molecular flexibility index (Phi) is 4.27. The van der Waals surface area contributed by atoms with Crippen molar-refractivity contribution in [3.63, 3.8) is 0 Å². The fourth-order valence-electron chi connectivity index (χ4n) is 1.46. The minimum absolute atomic E-state index is 0.311. The lowest BCUT2D eigenvalue weighted by atomic mass is 10.1. The van der Waals surface area contributed by atoms with Gasteiger partial charge in [-0.2, -0.15) is 0 Å². The lowest BCUT2D eigenvalue weighted by Crippen LogP contribution is -2.21. The number of nitrogens with zero attached hydrogens (tertiary/aromatic N) is 2. The van der Waals surface area contributed by atoms with E-state index in [1.54, 1.807) is 0 Å². The fourth-order valence-corrected chi connectivity index (χ4v) is 2.62. The second-order valence-electron chi connectivity index (χ2n) is 3.69. The number of rotatable bonds is 5. The summed E-state index contributed by atoms with van der Waals surface area (Å²) in [6.45, 7) is 10.2. The van der Waals surface area contributed by atoms with Gasteiger partial charge in [-0.3, -0.25) is 4.79 Å². The highest BCUT2D eigenvalue weighted by molar-refractivity contribution is 7.17. The molecule has 0 aliphatic heterocycles. The van der Waals surface area contributed by atoms with Crippen molar-refractivity contribution in [3.8, 4) is 0 Å². The average Bonchev–Trinajstić information content (AvgIpc) is 2.64. The average molecular weight is 226 g/mol. The molecule has 0 atom stereocenters. The Morgan fingerprint density at radius 1 is 1.40 bits per heavy atom. The van der Waals surface area contributed by atoms with Crippen molar-refractivity contribution in [2.24, 2.45) is 0 Å². The van der Waals surface area contributed by atoms with Gasteiger partial charge in [0.2, 0.25) is 0 Å². The van der Waals surface area contributed by atoms with E-state index in [-0.39, 0.29) is 0 Å². The first kappa shape index (κ1) is 12.2. The first-order valence-electron chi connectivity index (χ1n) is 5.34. The van der Waals surface area contributed by atoms with Gasteiger partial charge in [0.1, 0.15) is 0 Å². The second kappa shape index (κ2) is 5.26. The summed E-state index contributed by atoms with van der Waals surface area (Å²) >= 11 is 1.49. The number of hydrogen-bond acceptors (Lipinski definition) is 4. The minimum atomic E-state index is 0.311. The van der Waals surface area contributed by atoms with Gasteiger partial charge in [-0.25, -0.2) is 4.98 Å². The Bertz CT molecular complexity index is 329. The monoisotopic (exact) mass is 226 g/mol. The number of carbonyl (C=O) groups is 1. The first-order chi connectivity index (χ1) is 7.13. The molecule has 0 saturated carbocycles. The zero-order chi connectivity index (χ0) is 11.4. The summed E-state index contributed by atoms with van der Waals surface area (Å²) in [4.78, 5) is 18.4. The van der Waals surface area contributed by atoms with Gasteiger partial charge in [0.05, 0.1) is 10.6 Å². The van der Waals surface area contributed by atoms with E-state index in [1.165, 1.54) is 11.3 Å². The molecular formula is C11H18N2OS. The third-order valence-electron chi connectivity index (χ3n) is 2.36.